The molecule has 0 atom stereocenters. The van der Waals surface area contributed by atoms with Gasteiger partial charge >= 0.3 is 0 Å². The molecule has 0 N–H and O–H groups in total. The standard InChI is InChI=1S/C8H16S/c1-8(2,3)6-9-7-4-5-7/h7H,4-6H2,1-3H3. The van der Waals surface area contributed by atoms with Crippen molar-refractivity contribution in [1.29, 1.82) is 0 Å². The van der Waals surface area contributed by atoms with Gasteiger partial charge in [-0.3, -0.25) is 0 Å². The molecule has 54 valence electrons. The first-order valence-corrected chi connectivity index (χ1v) is 4.74. The number of hydrogen-bond acceptors (Lipinski definition) is 1. The molecule has 0 aliphatic heterocycles. The molecule has 0 aromatic carbocycles. The summed E-state index contributed by atoms with van der Waals surface area (Å²) in [6, 6.07) is 0. The zero-order valence-electron chi connectivity index (χ0n) is 6.61. The third-order valence-corrected chi connectivity index (χ3v) is 3.25. The summed E-state index contributed by atoms with van der Waals surface area (Å²) in [6.07, 6.45) is 2.95. The Labute approximate surface area is 62.4 Å². The Morgan fingerprint density at radius 3 is 2.22 bits per heavy atom. The maximum absolute atomic E-state index is 2.31. The van der Waals surface area contributed by atoms with Crippen LogP contribution in [0.3, 0.4) is 0 Å². The Balaban J connectivity index is 2.03. The molecule has 0 spiro atoms. The van der Waals surface area contributed by atoms with Crippen molar-refractivity contribution < 1.29 is 0 Å². The largest absolute Gasteiger partial charge is 0.158 e. The van der Waals surface area contributed by atoms with Crippen molar-refractivity contribution in [3.63, 3.8) is 0 Å². The summed E-state index contributed by atoms with van der Waals surface area (Å²) >= 11 is 2.15. The lowest BCUT2D eigenvalue weighted by Crippen LogP contribution is -2.08. The highest BCUT2D eigenvalue weighted by molar-refractivity contribution is 8.00. The molecule has 1 fully saturated rings. The second-order valence-corrected chi connectivity index (χ2v) is 5.36. The van der Waals surface area contributed by atoms with E-state index in [9.17, 15) is 0 Å². The minimum Gasteiger partial charge on any atom is -0.158 e. The van der Waals surface area contributed by atoms with Crippen LogP contribution in [-0.2, 0) is 0 Å². The van der Waals surface area contributed by atoms with Crippen LogP contribution in [0.15, 0.2) is 0 Å². The first-order chi connectivity index (χ1) is 4.08. The minimum absolute atomic E-state index is 0.535. The van der Waals surface area contributed by atoms with Gasteiger partial charge in [0.05, 0.1) is 0 Å². The van der Waals surface area contributed by atoms with Gasteiger partial charge in [-0.1, -0.05) is 20.8 Å². The predicted octanol–water partition coefficient (Wildman–Crippen LogP) is 2.93. The fourth-order valence-corrected chi connectivity index (χ4v) is 1.81. The Kier molecular flexibility index (Phi) is 2.10. The van der Waals surface area contributed by atoms with Gasteiger partial charge in [0.25, 0.3) is 0 Å². The van der Waals surface area contributed by atoms with E-state index in [1.54, 1.807) is 0 Å². The molecule has 0 aromatic heterocycles. The molecule has 0 nitrogen and oxygen atoms in total. The van der Waals surface area contributed by atoms with Crippen LogP contribution in [0.2, 0.25) is 0 Å². The lowest BCUT2D eigenvalue weighted by Gasteiger charge is -2.16. The van der Waals surface area contributed by atoms with Crippen LogP contribution in [-0.4, -0.2) is 11.0 Å². The molecular formula is C8H16S. The Bertz CT molecular complexity index is 87.2. The second-order valence-electron chi connectivity index (χ2n) is 4.07. The third kappa shape index (κ3) is 3.85. The van der Waals surface area contributed by atoms with Crippen LogP contribution in [0.1, 0.15) is 33.6 Å². The van der Waals surface area contributed by atoms with Gasteiger partial charge in [0.2, 0.25) is 0 Å². The third-order valence-electron chi connectivity index (χ3n) is 1.28. The van der Waals surface area contributed by atoms with Gasteiger partial charge in [-0.05, 0) is 24.0 Å². The van der Waals surface area contributed by atoms with E-state index in [0.29, 0.717) is 5.41 Å². The molecule has 0 saturated heterocycles. The summed E-state index contributed by atoms with van der Waals surface area (Å²) in [5, 5.41) is 1.03. The van der Waals surface area contributed by atoms with E-state index in [2.05, 4.69) is 32.5 Å². The van der Waals surface area contributed by atoms with Crippen molar-refractivity contribution in [2.24, 2.45) is 5.41 Å². The summed E-state index contributed by atoms with van der Waals surface area (Å²) < 4.78 is 0. The first kappa shape index (κ1) is 7.46. The Morgan fingerprint density at radius 2 is 1.89 bits per heavy atom. The van der Waals surface area contributed by atoms with Gasteiger partial charge in [-0.2, -0.15) is 11.8 Å². The molecule has 0 unspecified atom stereocenters. The van der Waals surface area contributed by atoms with E-state index in [0.717, 1.165) is 5.25 Å². The molecular weight excluding hydrogens is 128 g/mol. The van der Waals surface area contributed by atoms with Crippen molar-refractivity contribution in [3.05, 3.63) is 0 Å². The second kappa shape index (κ2) is 2.53. The molecule has 0 heterocycles. The quantitative estimate of drug-likeness (QED) is 0.574. The molecule has 1 heteroatoms. The van der Waals surface area contributed by atoms with Gasteiger partial charge in [-0.15, -0.1) is 0 Å². The normalized spacial score (nSPS) is 20.3. The summed E-state index contributed by atoms with van der Waals surface area (Å²) in [4.78, 5) is 0. The van der Waals surface area contributed by atoms with Crippen LogP contribution in [0, 0.1) is 5.41 Å². The van der Waals surface area contributed by atoms with Crippen molar-refractivity contribution in [2.75, 3.05) is 5.75 Å². The lowest BCUT2D eigenvalue weighted by atomic mass is 10.0. The summed E-state index contributed by atoms with van der Waals surface area (Å²) in [6.45, 7) is 6.92. The number of hydrogen-bond donors (Lipinski definition) is 0. The summed E-state index contributed by atoms with van der Waals surface area (Å²) in [7, 11) is 0. The van der Waals surface area contributed by atoms with Crippen LogP contribution < -0.4 is 0 Å². The van der Waals surface area contributed by atoms with Crippen molar-refractivity contribution >= 4 is 11.8 Å². The maximum atomic E-state index is 2.31. The zero-order chi connectivity index (χ0) is 6.91. The average molecular weight is 144 g/mol. The Morgan fingerprint density at radius 1 is 1.33 bits per heavy atom. The van der Waals surface area contributed by atoms with E-state index >= 15 is 0 Å². The predicted molar refractivity (Wildman–Crippen MR) is 44.9 cm³/mol. The fourth-order valence-electron chi connectivity index (χ4n) is 0.603. The molecule has 1 saturated carbocycles. The smallest absolute Gasteiger partial charge is 0.00480 e. The van der Waals surface area contributed by atoms with Crippen molar-refractivity contribution in [1.82, 2.24) is 0 Å². The molecule has 1 aliphatic carbocycles. The molecule has 9 heavy (non-hydrogen) atoms. The van der Waals surface area contributed by atoms with Gasteiger partial charge in [0, 0.05) is 5.25 Å². The molecule has 0 radical (unpaired) electrons. The number of rotatable bonds is 2. The highest BCUT2D eigenvalue weighted by Gasteiger charge is 2.23. The van der Waals surface area contributed by atoms with E-state index in [1.807, 2.05) is 0 Å². The van der Waals surface area contributed by atoms with Gasteiger partial charge in [-0.25, -0.2) is 0 Å². The van der Waals surface area contributed by atoms with E-state index in [-0.39, 0.29) is 0 Å². The molecule has 0 aromatic rings. The Hall–Kier alpha value is 0.350. The summed E-state index contributed by atoms with van der Waals surface area (Å²) in [5.41, 5.74) is 0.535. The van der Waals surface area contributed by atoms with Crippen LogP contribution in [0.25, 0.3) is 0 Å². The van der Waals surface area contributed by atoms with Crippen LogP contribution in [0.4, 0.5) is 0 Å². The topological polar surface area (TPSA) is 0 Å². The zero-order valence-corrected chi connectivity index (χ0v) is 7.42. The van der Waals surface area contributed by atoms with E-state index in [4.69, 9.17) is 0 Å². The molecule has 0 amide bonds. The SMILES string of the molecule is CC(C)(C)CSC1CC1. The average Bonchev–Trinajstić information content (AvgIpc) is 2.38. The highest BCUT2D eigenvalue weighted by Crippen LogP contribution is 2.37. The fraction of sp³-hybridized carbons (Fsp3) is 1.00. The van der Waals surface area contributed by atoms with Gasteiger partial charge < -0.3 is 0 Å². The lowest BCUT2D eigenvalue weighted by molar-refractivity contribution is 0.480. The van der Waals surface area contributed by atoms with E-state index in [1.165, 1.54) is 18.6 Å². The monoisotopic (exact) mass is 144 g/mol. The van der Waals surface area contributed by atoms with Gasteiger partial charge in [0.15, 0.2) is 0 Å². The van der Waals surface area contributed by atoms with Crippen molar-refractivity contribution in [3.8, 4) is 0 Å². The highest BCUT2D eigenvalue weighted by atomic mass is 32.2. The van der Waals surface area contributed by atoms with Crippen LogP contribution in [0.5, 0.6) is 0 Å². The molecule has 0 bridgehead atoms. The number of thioether (sulfide) groups is 1. The maximum Gasteiger partial charge on any atom is 0.00480 e. The van der Waals surface area contributed by atoms with Crippen LogP contribution >= 0.6 is 11.8 Å². The minimum atomic E-state index is 0.535. The molecule has 1 aliphatic rings. The summed E-state index contributed by atoms with van der Waals surface area (Å²) in [5.74, 6) is 1.33. The first-order valence-electron chi connectivity index (χ1n) is 3.69. The molecule has 1 rings (SSSR count). The van der Waals surface area contributed by atoms with Gasteiger partial charge in [0.1, 0.15) is 0 Å². The van der Waals surface area contributed by atoms with Crippen molar-refractivity contribution in [2.45, 2.75) is 38.9 Å². The van der Waals surface area contributed by atoms with E-state index < -0.39 is 0 Å².